The Balaban J connectivity index is 1.85. The number of carboxylic acid groups (broad SMARTS) is 1. The molecule has 2 atom stereocenters. The minimum absolute atomic E-state index is 0.0494. The van der Waals surface area contributed by atoms with E-state index in [2.05, 4.69) is 9.97 Å². The molecule has 1 N–H and O–H groups in total. The number of hydrogen-bond acceptors (Lipinski definition) is 5. The smallest absolute Gasteiger partial charge is 0.407 e. The van der Waals surface area contributed by atoms with Crippen molar-refractivity contribution in [2.24, 2.45) is 0 Å². The first-order valence-corrected chi connectivity index (χ1v) is 6.76. The number of likely N-dealkylation sites (N-methyl/N-ethyl adjacent to an activating group) is 1. The lowest BCUT2D eigenvalue weighted by atomic mass is 10.2. The molecule has 2 aliphatic heterocycles. The van der Waals surface area contributed by atoms with Gasteiger partial charge in [0, 0.05) is 13.6 Å². The Labute approximate surface area is 120 Å². The van der Waals surface area contributed by atoms with Crippen LogP contribution in [0.1, 0.15) is 0 Å². The molecular formula is C14H14N4O3. The van der Waals surface area contributed by atoms with Crippen molar-refractivity contribution >= 4 is 22.8 Å². The second kappa shape index (κ2) is 4.21. The normalized spacial score (nSPS) is 23.7. The predicted molar refractivity (Wildman–Crippen MR) is 75.7 cm³/mol. The summed E-state index contributed by atoms with van der Waals surface area (Å²) >= 11 is 0. The van der Waals surface area contributed by atoms with E-state index in [1.165, 1.54) is 11.2 Å². The molecule has 2 unspecified atom stereocenters. The highest BCUT2D eigenvalue weighted by molar-refractivity contribution is 5.95. The van der Waals surface area contributed by atoms with Gasteiger partial charge in [0.25, 0.3) is 0 Å². The van der Waals surface area contributed by atoms with Crippen molar-refractivity contribution in [1.29, 1.82) is 0 Å². The van der Waals surface area contributed by atoms with E-state index >= 15 is 0 Å². The molecular weight excluding hydrogens is 272 g/mol. The number of ether oxygens (including phenoxy) is 1. The summed E-state index contributed by atoms with van der Waals surface area (Å²) in [6.07, 6.45) is 0.412. The van der Waals surface area contributed by atoms with Crippen LogP contribution in [0.5, 0.6) is 5.75 Å². The summed E-state index contributed by atoms with van der Waals surface area (Å²) in [5, 5.41) is 10.1. The van der Waals surface area contributed by atoms with Gasteiger partial charge in [-0.25, -0.2) is 14.8 Å². The SMILES string of the molecule is CN1c2ncnc3cccc(c23)OC2CN(C(=O)O)CC21. The van der Waals surface area contributed by atoms with Crippen molar-refractivity contribution in [3.63, 3.8) is 0 Å². The largest absolute Gasteiger partial charge is 0.485 e. The lowest BCUT2D eigenvalue weighted by molar-refractivity contribution is 0.146. The number of fused-ring (bicyclic) bond motifs is 1. The molecule has 108 valence electrons. The third kappa shape index (κ3) is 1.70. The number of amides is 1. The summed E-state index contributed by atoms with van der Waals surface area (Å²) in [5.41, 5.74) is 0.833. The quantitative estimate of drug-likeness (QED) is 0.783. The monoisotopic (exact) mass is 286 g/mol. The number of nitrogens with zero attached hydrogens (tertiary/aromatic N) is 4. The molecule has 0 aliphatic carbocycles. The minimum atomic E-state index is -0.916. The van der Waals surface area contributed by atoms with Crippen molar-refractivity contribution in [2.75, 3.05) is 25.0 Å². The van der Waals surface area contributed by atoms with Gasteiger partial charge in [-0.15, -0.1) is 0 Å². The lowest BCUT2D eigenvalue weighted by Crippen LogP contribution is -2.42. The molecule has 0 spiro atoms. The van der Waals surface area contributed by atoms with Gasteiger partial charge in [-0.3, -0.25) is 0 Å². The maximum atomic E-state index is 11.2. The van der Waals surface area contributed by atoms with Gasteiger partial charge in [0.05, 0.1) is 23.5 Å². The van der Waals surface area contributed by atoms with Crippen LogP contribution in [0.4, 0.5) is 10.6 Å². The highest BCUT2D eigenvalue weighted by Gasteiger charge is 2.42. The standard InChI is InChI=1S/C14H14N4O3/c1-17-9-5-18(14(19)20)6-11(9)21-10-4-2-3-8-12(10)13(17)16-7-15-8/h2-4,7,9,11H,5-6H2,1H3,(H,19,20). The Hall–Kier alpha value is -2.57. The molecule has 21 heavy (non-hydrogen) atoms. The van der Waals surface area contributed by atoms with Gasteiger partial charge in [0.1, 0.15) is 24.0 Å². The van der Waals surface area contributed by atoms with Crippen molar-refractivity contribution in [2.45, 2.75) is 12.1 Å². The maximum Gasteiger partial charge on any atom is 0.407 e. The second-order valence-corrected chi connectivity index (χ2v) is 5.37. The first-order chi connectivity index (χ1) is 10.1. The van der Waals surface area contributed by atoms with E-state index < -0.39 is 6.09 Å². The van der Waals surface area contributed by atoms with E-state index in [0.29, 0.717) is 13.1 Å². The average molecular weight is 286 g/mol. The fraction of sp³-hybridized carbons (Fsp3) is 0.357. The van der Waals surface area contributed by atoms with Gasteiger partial charge in [-0.1, -0.05) is 6.07 Å². The number of aromatic nitrogens is 2. The Kier molecular flexibility index (Phi) is 2.44. The van der Waals surface area contributed by atoms with E-state index in [4.69, 9.17) is 4.74 Å². The lowest BCUT2D eigenvalue weighted by Gasteiger charge is -2.26. The van der Waals surface area contributed by atoms with Crippen LogP contribution < -0.4 is 9.64 Å². The van der Waals surface area contributed by atoms with Crippen molar-refractivity contribution < 1.29 is 14.6 Å². The zero-order chi connectivity index (χ0) is 14.6. The fourth-order valence-corrected chi connectivity index (χ4v) is 3.15. The maximum absolute atomic E-state index is 11.2. The first-order valence-electron chi connectivity index (χ1n) is 6.76. The minimum Gasteiger partial charge on any atom is -0.485 e. The van der Waals surface area contributed by atoms with Gasteiger partial charge in [0.15, 0.2) is 0 Å². The van der Waals surface area contributed by atoms with Crippen LogP contribution in [0.2, 0.25) is 0 Å². The van der Waals surface area contributed by atoms with Crippen LogP contribution >= 0.6 is 0 Å². The van der Waals surface area contributed by atoms with Gasteiger partial charge in [-0.2, -0.15) is 0 Å². The highest BCUT2D eigenvalue weighted by Crippen LogP contribution is 2.38. The molecule has 2 aromatic rings. The molecule has 7 nitrogen and oxygen atoms in total. The highest BCUT2D eigenvalue weighted by atomic mass is 16.5. The van der Waals surface area contributed by atoms with Crippen LogP contribution in [0.3, 0.4) is 0 Å². The predicted octanol–water partition coefficient (Wildman–Crippen LogP) is 1.19. The molecule has 1 saturated heterocycles. The van der Waals surface area contributed by atoms with Gasteiger partial charge in [0.2, 0.25) is 0 Å². The van der Waals surface area contributed by atoms with Crippen LogP contribution in [-0.2, 0) is 0 Å². The zero-order valence-corrected chi connectivity index (χ0v) is 11.4. The Morgan fingerprint density at radius 1 is 1.38 bits per heavy atom. The molecule has 0 radical (unpaired) electrons. The average Bonchev–Trinajstić information content (AvgIpc) is 2.86. The van der Waals surface area contributed by atoms with Crippen LogP contribution in [-0.4, -0.2) is 58.4 Å². The summed E-state index contributed by atoms with van der Waals surface area (Å²) in [7, 11) is 1.93. The Morgan fingerprint density at radius 3 is 3.05 bits per heavy atom. The van der Waals surface area contributed by atoms with Crippen molar-refractivity contribution in [1.82, 2.24) is 14.9 Å². The van der Waals surface area contributed by atoms with Gasteiger partial charge in [-0.05, 0) is 12.1 Å². The molecule has 1 aromatic carbocycles. The van der Waals surface area contributed by atoms with E-state index in [1.54, 1.807) is 0 Å². The summed E-state index contributed by atoms with van der Waals surface area (Å²) in [6.45, 7) is 0.776. The van der Waals surface area contributed by atoms with Gasteiger partial charge >= 0.3 is 6.09 Å². The molecule has 7 heteroatoms. The van der Waals surface area contributed by atoms with Crippen molar-refractivity contribution in [3.05, 3.63) is 24.5 Å². The summed E-state index contributed by atoms with van der Waals surface area (Å²) < 4.78 is 6.08. The van der Waals surface area contributed by atoms with E-state index in [0.717, 1.165) is 22.5 Å². The molecule has 1 fully saturated rings. The van der Waals surface area contributed by atoms with E-state index in [-0.39, 0.29) is 12.1 Å². The second-order valence-electron chi connectivity index (χ2n) is 5.37. The number of carbonyl (C=O) groups is 1. The van der Waals surface area contributed by atoms with Crippen LogP contribution in [0, 0.1) is 0 Å². The summed E-state index contributed by atoms with van der Waals surface area (Å²) in [5.74, 6) is 1.50. The number of likely N-dealkylation sites (tertiary alicyclic amines) is 1. The van der Waals surface area contributed by atoms with E-state index in [9.17, 15) is 9.90 Å². The molecule has 3 heterocycles. The first kappa shape index (κ1) is 12.2. The number of benzene rings is 1. The summed E-state index contributed by atoms with van der Waals surface area (Å²) in [6, 6.07) is 5.64. The number of anilines is 1. The number of rotatable bonds is 0. The third-order valence-electron chi connectivity index (χ3n) is 4.22. The molecule has 1 aromatic heterocycles. The zero-order valence-electron chi connectivity index (χ0n) is 11.4. The van der Waals surface area contributed by atoms with Gasteiger partial charge < -0.3 is 19.6 Å². The van der Waals surface area contributed by atoms with Crippen molar-refractivity contribution in [3.8, 4) is 5.75 Å². The molecule has 0 bridgehead atoms. The molecule has 0 saturated carbocycles. The number of hydrogen-bond donors (Lipinski definition) is 1. The molecule has 2 aliphatic rings. The summed E-state index contributed by atoms with van der Waals surface area (Å²) in [4.78, 5) is 23.2. The topological polar surface area (TPSA) is 78.8 Å². The van der Waals surface area contributed by atoms with Crippen LogP contribution in [0.25, 0.3) is 10.9 Å². The van der Waals surface area contributed by atoms with E-state index in [1.807, 2.05) is 30.1 Å². The fourth-order valence-electron chi connectivity index (χ4n) is 3.15. The molecule has 1 amide bonds. The third-order valence-corrected chi connectivity index (χ3v) is 4.22. The van der Waals surface area contributed by atoms with Crippen LogP contribution in [0.15, 0.2) is 24.5 Å². The Morgan fingerprint density at radius 2 is 2.24 bits per heavy atom. The molecule has 4 rings (SSSR count). The Bertz CT molecular complexity index is 730.